The van der Waals surface area contributed by atoms with E-state index >= 15 is 0 Å². The van der Waals surface area contributed by atoms with E-state index < -0.39 is 0 Å². The van der Waals surface area contributed by atoms with Crippen molar-refractivity contribution in [1.29, 1.82) is 0 Å². The van der Waals surface area contributed by atoms with E-state index in [9.17, 15) is 4.79 Å². The Labute approximate surface area is 126 Å². The molecule has 3 fully saturated rings. The van der Waals surface area contributed by atoms with Gasteiger partial charge in [-0.2, -0.15) is 0 Å². The van der Waals surface area contributed by atoms with Crippen LogP contribution in [0.1, 0.15) is 41.7 Å². The van der Waals surface area contributed by atoms with Gasteiger partial charge in [0.2, 0.25) is 0 Å². The molecule has 4 heteroatoms. The summed E-state index contributed by atoms with van der Waals surface area (Å²) in [5.41, 5.74) is 1.99. The van der Waals surface area contributed by atoms with Crippen molar-refractivity contribution in [3.05, 3.63) is 29.6 Å². The van der Waals surface area contributed by atoms with Gasteiger partial charge in [-0.1, -0.05) is 0 Å². The Balaban J connectivity index is 1.43. The number of hydrogen-bond donors (Lipinski definition) is 0. The molecule has 21 heavy (non-hydrogen) atoms. The number of pyridine rings is 1. The normalized spacial score (nSPS) is 28.9. The summed E-state index contributed by atoms with van der Waals surface area (Å²) in [4.78, 5) is 21.5. The molecule has 4 nitrogen and oxygen atoms in total. The minimum absolute atomic E-state index is 0.151. The summed E-state index contributed by atoms with van der Waals surface area (Å²) in [7, 11) is 0. The van der Waals surface area contributed by atoms with Crippen LogP contribution in [-0.2, 0) is 0 Å². The Kier molecular flexibility index (Phi) is 3.03. The van der Waals surface area contributed by atoms with E-state index in [-0.39, 0.29) is 5.91 Å². The molecular formula is C17H23N3O. The lowest BCUT2D eigenvalue weighted by molar-refractivity contribution is -0.00931. The number of hydrogen-bond acceptors (Lipinski definition) is 3. The number of aromatic nitrogens is 1. The number of likely N-dealkylation sites (tertiary alicyclic amines) is 2. The van der Waals surface area contributed by atoms with Crippen molar-refractivity contribution in [2.24, 2.45) is 5.92 Å². The van der Waals surface area contributed by atoms with Crippen molar-refractivity contribution in [1.82, 2.24) is 14.8 Å². The largest absolute Gasteiger partial charge is 0.337 e. The maximum Gasteiger partial charge on any atom is 0.255 e. The molecule has 112 valence electrons. The Bertz CT molecular complexity index is 552. The third-order valence-electron chi connectivity index (χ3n) is 5.47. The first-order valence-corrected chi connectivity index (χ1v) is 8.13. The van der Waals surface area contributed by atoms with Crippen LogP contribution in [0.25, 0.3) is 0 Å². The van der Waals surface area contributed by atoms with Crippen molar-refractivity contribution >= 4 is 5.91 Å². The van der Waals surface area contributed by atoms with Crippen LogP contribution in [-0.4, -0.2) is 52.4 Å². The van der Waals surface area contributed by atoms with Crippen molar-refractivity contribution in [2.45, 2.75) is 38.1 Å². The second-order valence-electron chi connectivity index (χ2n) is 7.03. The molecule has 1 atom stereocenters. The molecule has 0 bridgehead atoms. The molecular weight excluding hydrogens is 262 g/mol. The predicted molar refractivity (Wildman–Crippen MR) is 81.1 cm³/mol. The van der Waals surface area contributed by atoms with Gasteiger partial charge >= 0.3 is 0 Å². The quantitative estimate of drug-likeness (QED) is 0.853. The molecule has 4 rings (SSSR count). The van der Waals surface area contributed by atoms with E-state index in [2.05, 4.69) is 9.88 Å². The summed E-state index contributed by atoms with van der Waals surface area (Å²) in [6.45, 7) is 6.24. The molecule has 0 aromatic carbocycles. The van der Waals surface area contributed by atoms with E-state index in [1.54, 1.807) is 6.20 Å². The van der Waals surface area contributed by atoms with E-state index in [0.717, 1.165) is 36.7 Å². The summed E-state index contributed by atoms with van der Waals surface area (Å²) >= 11 is 0. The zero-order valence-corrected chi connectivity index (χ0v) is 12.7. The number of rotatable bonds is 3. The maximum absolute atomic E-state index is 12.6. The lowest BCUT2D eigenvalue weighted by Crippen LogP contribution is -2.61. The average Bonchev–Trinajstić information content (AvgIpc) is 3.19. The third-order valence-corrected chi connectivity index (χ3v) is 5.47. The highest BCUT2D eigenvalue weighted by atomic mass is 16.2. The summed E-state index contributed by atoms with van der Waals surface area (Å²) in [5.74, 6) is 1.09. The molecule has 1 aliphatic carbocycles. The Morgan fingerprint density at radius 2 is 2.14 bits per heavy atom. The fraction of sp³-hybridized carbons (Fsp3) is 0.647. The zero-order chi connectivity index (χ0) is 14.4. The molecule has 2 aliphatic heterocycles. The SMILES string of the molecule is Cc1ccc(C(=O)N2CC[C@@]3(CCN3CC3CC3)C2)cn1. The minimum Gasteiger partial charge on any atom is -0.337 e. The van der Waals surface area contributed by atoms with Crippen LogP contribution in [0.5, 0.6) is 0 Å². The number of nitrogens with zero attached hydrogens (tertiary/aromatic N) is 3. The maximum atomic E-state index is 12.6. The number of aryl methyl sites for hydroxylation is 1. The Morgan fingerprint density at radius 1 is 1.33 bits per heavy atom. The monoisotopic (exact) mass is 285 g/mol. The highest BCUT2D eigenvalue weighted by Crippen LogP contribution is 2.42. The van der Waals surface area contributed by atoms with Crippen molar-refractivity contribution < 1.29 is 4.79 Å². The highest BCUT2D eigenvalue weighted by molar-refractivity contribution is 5.94. The molecule has 0 radical (unpaired) electrons. The number of amides is 1. The lowest BCUT2D eigenvalue weighted by Gasteiger charge is -2.51. The first-order chi connectivity index (χ1) is 10.2. The van der Waals surface area contributed by atoms with Crippen LogP contribution < -0.4 is 0 Å². The summed E-state index contributed by atoms with van der Waals surface area (Å²) < 4.78 is 0. The molecule has 1 aromatic heterocycles. The third kappa shape index (κ3) is 2.35. The van der Waals surface area contributed by atoms with E-state index in [0.29, 0.717) is 5.54 Å². The molecule has 3 aliphatic rings. The van der Waals surface area contributed by atoms with Gasteiger partial charge in [0.25, 0.3) is 5.91 Å². The number of carbonyl (C=O) groups excluding carboxylic acids is 1. The van der Waals surface area contributed by atoms with Crippen molar-refractivity contribution in [3.63, 3.8) is 0 Å². The minimum atomic E-state index is 0.151. The van der Waals surface area contributed by atoms with Gasteiger partial charge in [0.05, 0.1) is 5.56 Å². The predicted octanol–water partition coefficient (Wildman–Crippen LogP) is 2.09. The average molecular weight is 285 g/mol. The molecule has 3 heterocycles. The summed E-state index contributed by atoms with van der Waals surface area (Å²) in [6.07, 6.45) is 6.93. The van der Waals surface area contributed by atoms with Crippen molar-refractivity contribution in [2.75, 3.05) is 26.2 Å². The second kappa shape index (κ2) is 4.80. The first kappa shape index (κ1) is 13.3. The lowest BCUT2D eigenvalue weighted by atomic mass is 9.83. The molecule has 1 amide bonds. The standard InChI is InChI=1S/C17H23N3O/c1-13-2-5-15(10-18-13)16(21)19-8-6-17(12-19)7-9-20(17)11-14-3-4-14/h2,5,10,14H,3-4,6-9,11-12H2,1H3/t17-/m1/s1. The smallest absolute Gasteiger partial charge is 0.255 e. The van der Waals surface area contributed by atoms with Gasteiger partial charge in [-0.3, -0.25) is 14.7 Å². The van der Waals surface area contributed by atoms with Crippen LogP contribution in [0.4, 0.5) is 0 Å². The van der Waals surface area contributed by atoms with Crippen molar-refractivity contribution in [3.8, 4) is 0 Å². The molecule has 1 aromatic rings. The summed E-state index contributed by atoms with van der Waals surface area (Å²) in [5, 5.41) is 0. The number of carbonyl (C=O) groups is 1. The van der Waals surface area contributed by atoms with E-state index in [1.807, 2.05) is 24.0 Å². The highest BCUT2D eigenvalue weighted by Gasteiger charge is 2.51. The molecule has 0 N–H and O–H groups in total. The fourth-order valence-electron chi connectivity index (χ4n) is 3.75. The van der Waals surface area contributed by atoms with E-state index in [1.165, 1.54) is 32.4 Å². The molecule has 1 saturated carbocycles. The van der Waals surface area contributed by atoms with E-state index in [4.69, 9.17) is 0 Å². The van der Waals surface area contributed by atoms with Gasteiger partial charge < -0.3 is 4.90 Å². The molecule has 0 unspecified atom stereocenters. The van der Waals surface area contributed by atoms with Gasteiger partial charge in [-0.25, -0.2) is 0 Å². The van der Waals surface area contributed by atoms with Gasteiger partial charge in [0.1, 0.15) is 0 Å². The summed E-state index contributed by atoms with van der Waals surface area (Å²) in [6, 6.07) is 3.82. The Morgan fingerprint density at radius 3 is 2.76 bits per heavy atom. The topological polar surface area (TPSA) is 36.4 Å². The van der Waals surface area contributed by atoms with Gasteiger partial charge in [-0.05, 0) is 50.7 Å². The van der Waals surface area contributed by atoms with Gasteiger partial charge in [-0.15, -0.1) is 0 Å². The molecule has 1 spiro atoms. The van der Waals surface area contributed by atoms with Crippen LogP contribution in [0, 0.1) is 12.8 Å². The fourth-order valence-corrected chi connectivity index (χ4v) is 3.75. The van der Waals surface area contributed by atoms with Crippen LogP contribution in [0.3, 0.4) is 0 Å². The van der Waals surface area contributed by atoms with Crippen LogP contribution >= 0.6 is 0 Å². The first-order valence-electron chi connectivity index (χ1n) is 8.13. The molecule has 2 saturated heterocycles. The Hall–Kier alpha value is -1.42. The van der Waals surface area contributed by atoms with Crippen LogP contribution in [0.15, 0.2) is 18.3 Å². The van der Waals surface area contributed by atoms with Gasteiger partial charge in [0.15, 0.2) is 0 Å². The second-order valence-corrected chi connectivity index (χ2v) is 7.03. The van der Waals surface area contributed by atoms with Crippen LogP contribution in [0.2, 0.25) is 0 Å². The zero-order valence-electron chi connectivity index (χ0n) is 12.7. The van der Waals surface area contributed by atoms with Gasteiger partial charge in [0, 0.05) is 43.6 Å².